The monoisotopic (exact) mass is 596 g/mol. The van der Waals surface area contributed by atoms with E-state index in [1.165, 1.54) is 39.1 Å². The standard InChI is InChI=1S/C43H36N2O/c1-27(2)36-25-32(31-23-21-30(22-24-31)29-13-6-5-7-14-29)26-37(28(3)4)41(36)45-39-19-10-9-18-38(39)44-43(45)35-17-12-16-34-33-15-8-11-20-40(33)46-42(34)35/h5-28H,1-4H3. The molecule has 8 rings (SSSR count). The van der Waals surface area contributed by atoms with Gasteiger partial charge in [0.25, 0.3) is 0 Å². The maximum atomic E-state index is 6.55. The van der Waals surface area contributed by atoms with Gasteiger partial charge < -0.3 is 4.42 Å². The van der Waals surface area contributed by atoms with Crippen LogP contribution in [0.4, 0.5) is 0 Å². The Bertz CT molecular complexity index is 2330. The smallest absolute Gasteiger partial charge is 0.149 e. The molecule has 0 spiro atoms. The molecule has 0 radical (unpaired) electrons. The maximum absolute atomic E-state index is 6.55. The van der Waals surface area contributed by atoms with E-state index in [2.05, 4.69) is 154 Å². The summed E-state index contributed by atoms with van der Waals surface area (Å²) in [5.41, 5.74) is 13.5. The first-order chi connectivity index (χ1) is 22.5. The van der Waals surface area contributed by atoms with Crippen molar-refractivity contribution in [3.63, 3.8) is 0 Å². The molecule has 0 unspecified atom stereocenters. The number of para-hydroxylation sites is 4. The van der Waals surface area contributed by atoms with Crippen LogP contribution in [0.2, 0.25) is 0 Å². The first-order valence-corrected chi connectivity index (χ1v) is 16.2. The van der Waals surface area contributed by atoms with Crippen molar-refractivity contribution < 1.29 is 4.42 Å². The van der Waals surface area contributed by atoms with E-state index in [1.54, 1.807) is 0 Å². The average Bonchev–Trinajstić information content (AvgIpc) is 3.67. The van der Waals surface area contributed by atoms with Gasteiger partial charge in [-0.3, -0.25) is 4.57 Å². The predicted octanol–water partition coefficient (Wildman–Crippen LogP) is 12.2. The van der Waals surface area contributed by atoms with Gasteiger partial charge in [-0.1, -0.05) is 125 Å². The summed E-state index contributed by atoms with van der Waals surface area (Å²) in [7, 11) is 0. The molecule has 6 aromatic carbocycles. The molecule has 46 heavy (non-hydrogen) atoms. The quantitative estimate of drug-likeness (QED) is 0.191. The number of benzene rings is 6. The van der Waals surface area contributed by atoms with Crippen LogP contribution in [-0.4, -0.2) is 9.55 Å². The van der Waals surface area contributed by atoms with Crippen molar-refractivity contribution in [1.29, 1.82) is 0 Å². The van der Waals surface area contributed by atoms with E-state index >= 15 is 0 Å². The number of hydrogen-bond acceptors (Lipinski definition) is 2. The molecule has 0 saturated heterocycles. The number of hydrogen-bond donors (Lipinski definition) is 0. The molecule has 2 heterocycles. The highest BCUT2D eigenvalue weighted by atomic mass is 16.3. The number of aromatic nitrogens is 2. The molecule has 0 amide bonds. The Morgan fingerprint density at radius 1 is 0.543 bits per heavy atom. The van der Waals surface area contributed by atoms with Gasteiger partial charge in [-0.15, -0.1) is 0 Å². The van der Waals surface area contributed by atoms with E-state index in [0.717, 1.165) is 44.4 Å². The van der Waals surface area contributed by atoms with Crippen LogP contribution in [0, 0.1) is 0 Å². The van der Waals surface area contributed by atoms with Gasteiger partial charge >= 0.3 is 0 Å². The van der Waals surface area contributed by atoms with E-state index < -0.39 is 0 Å². The first kappa shape index (κ1) is 28.1. The van der Waals surface area contributed by atoms with Crippen molar-refractivity contribution >= 4 is 33.0 Å². The van der Waals surface area contributed by atoms with Crippen molar-refractivity contribution in [3.8, 4) is 39.3 Å². The zero-order valence-electron chi connectivity index (χ0n) is 26.7. The van der Waals surface area contributed by atoms with Crippen molar-refractivity contribution in [2.45, 2.75) is 39.5 Å². The van der Waals surface area contributed by atoms with Crippen LogP contribution < -0.4 is 0 Å². The minimum atomic E-state index is 0.284. The van der Waals surface area contributed by atoms with E-state index in [1.807, 2.05) is 12.1 Å². The van der Waals surface area contributed by atoms with Gasteiger partial charge in [-0.2, -0.15) is 0 Å². The average molecular weight is 597 g/mol. The number of imidazole rings is 1. The number of furan rings is 1. The fourth-order valence-electron chi connectivity index (χ4n) is 6.83. The lowest BCUT2D eigenvalue weighted by molar-refractivity contribution is 0.669. The lowest BCUT2D eigenvalue weighted by atomic mass is 9.87. The van der Waals surface area contributed by atoms with Crippen molar-refractivity contribution in [2.24, 2.45) is 0 Å². The SMILES string of the molecule is CC(C)c1cc(-c2ccc(-c3ccccc3)cc2)cc(C(C)C)c1-n1c(-c2cccc3c2oc2ccccc23)nc2ccccc21. The molecule has 0 N–H and O–H groups in total. The second-order valence-electron chi connectivity index (χ2n) is 12.8. The predicted molar refractivity (Wildman–Crippen MR) is 193 cm³/mol. The van der Waals surface area contributed by atoms with Gasteiger partial charge in [-0.05, 0) is 81.6 Å². The van der Waals surface area contributed by atoms with E-state index in [0.29, 0.717) is 0 Å². The third kappa shape index (κ3) is 4.62. The Labute approximate surface area is 269 Å². The number of nitrogens with zero attached hydrogens (tertiary/aromatic N) is 2. The van der Waals surface area contributed by atoms with Crippen molar-refractivity contribution in [3.05, 3.63) is 145 Å². The topological polar surface area (TPSA) is 31.0 Å². The lowest BCUT2D eigenvalue weighted by Crippen LogP contribution is -2.09. The second-order valence-corrected chi connectivity index (χ2v) is 12.8. The molecule has 3 nitrogen and oxygen atoms in total. The van der Waals surface area contributed by atoms with Gasteiger partial charge in [0.05, 0.1) is 22.3 Å². The Kier molecular flexibility index (Phi) is 6.83. The summed E-state index contributed by atoms with van der Waals surface area (Å²) in [6, 6.07) is 47.5. The lowest BCUT2D eigenvalue weighted by Gasteiger charge is -2.24. The summed E-state index contributed by atoms with van der Waals surface area (Å²) in [5, 5.41) is 2.23. The molecule has 0 atom stereocenters. The molecule has 0 aliphatic carbocycles. The van der Waals surface area contributed by atoms with Crippen LogP contribution in [0.25, 0.3) is 72.3 Å². The van der Waals surface area contributed by atoms with Crippen LogP contribution in [-0.2, 0) is 0 Å². The molecule has 0 fully saturated rings. The van der Waals surface area contributed by atoms with Gasteiger partial charge in [0.2, 0.25) is 0 Å². The van der Waals surface area contributed by atoms with Gasteiger partial charge in [0.15, 0.2) is 0 Å². The highest BCUT2D eigenvalue weighted by Gasteiger charge is 2.25. The highest BCUT2D eigenvalue weighted by molar-refractivity contribution is 6.09. The third-order valence-corrected chi connectivity index (χ3v) is 9.17. The molecular formula is C43H36N2O. The molecule has 0 aliphatic heterocycles. The van der Waals surface area contributed by atoms with Gasteiger partial charge in [-0.25, -0.2) is 4.98 Å². The Balaban J connectivity index is 1.38. The van der Waals surface area contributed by atoms with Gasteiger partial charge in [0.1, 0.15) is 17.0 Å². The zero-order chi connectivity index (χ0) is 31.4. The Morgan fingerprint density at radius 3 is 1.85 bits per heavy atom. The first-order valence-electron chi connectivity index (χ1n) is 16.2. The maximum Gasteiger partial charge on any atom is 0.149 e. The number of fused-ring (bicyclic) bond motifs is 4. The summed E-state index contributed by atoms with van der Waals surface area (Å²) < 4.78 is 8.94. The molecular weight excluding hydrogens is 560 g/mol. The number of rotatable bonds is 6. The minimum absolute atomic E-state index is 0.284. The molecule has 3 heteroatoms. The molecule has 8 aromatic rings. The fraction of sp³-hybridized carbons (Fsp3) is 0.140. The zero-order valence-corrected chi connectivity index (χ0v) is 26.7. The molecule has 0 aliphatic rings. The van der Waals surface area contributed by atoms with E-state index in [9.17, 15) is 0 Å². The van der Waals surface area contributed by atoms with E-state index in [4.69, 9.17) is 9.40 Å². The van der Waals surface area contributed by atoms with E-state index in [-0.39, 0.29) is 11.8 Å². The normalized spacial score (nSPS) is 11.9. The Morgan fingerprint density at radius 2 is 1.13 bits per heavy atom. The summed E-state index contributed by atoms with van der Waals surface area (Å²) in [5.74, 6) is 1.47. The van der Waals surface area contributed by atoms with Crippen LogP contribution >= 0.6 is 0 Å². The molecule has 2 aromatic heterocycles. The molecule has 0 saturated carbocycles. The molecule has 224 valence electrons. The van der Waals surface area contributed by atoms with Crippen LogP contribution in [0.1, 0.15) is 50.7 Å². The minimum Gasteiger partial charge on any atom is -0.455 e. The largest absolute Gasteiger partial charge is 0.455 e. The summed E-state index contributed by atoms with van der Waals surface area (Å²) in [6.45, 7) is 9.18. The van der Waals surface area contributed by atoms with Gasteiger partial charge in [0, 0.05) is 10.8 Å². The van der Waals surface area contributed by atoms with Crippen LogP contribution in [0.5, 0.6) is 0 Å². The third-order valence-electron chi connectivity index (χ3n) is 9.17. The van der Waals surface area contributed by atoms with Crippen molar-refractivity contribution in [2.75, 3.05) is 0 Å². The highest BCUT2D eigenvalue weighted by Crippen LogP contribution is 2.42. The van der Waals surface area contributed by atoms with Crippen molar-refractivity contribution in [1.82, 2.24) is 9.55 Å². The summed E-state index contributed by atoms with van der Waals surface area (Å²) in [4.78, 5) is 5.30. The van der Waals surface area contributed by atoms with Crippen LogP contribution in [0.15, 0.2) is 138 Å². The fourth-order valence-corrected chi connectivity index (χ4v) is 6.83. The second kappa shape index (κ2) is 11.2. The molecule has 0 bridgehead atoms. The Hall–Kier alpha value is -5.41. The summed E-state index contributed by atoms with van der Waals surface area (Å²) >= 11 is 0. The summed E-state index contributed by atoms with van der Waals surface area (Å²) in [6.07, 6.45) is 0. The van der Waals surface area contributed by atoms with Crippen LogP contribution in [0.3, 0.4) is 0 Å².